The standard InChI is InChI=1S/C29H44N2O5/c1-6-10-27(4)14-22(36-26(35)30-25(34)20-16-31-13-9-19(20)15-31)28(5)17(2)7-11-29(18(3)24(27)33)12-8-21(32)23(28)29/h17-20,22-23H,6-16H2,1-5H3,(H,30,34,35)/t17-,18+,19-,20+,22-,23?,27-,28+,29?/m1/s1. The number of carbonyl (C=O) groups is 4. The number of Topliss-reactive ketones (excluding diaryl/α,β-unsaturated/α-hetero) is 2. The van der Waals surface area contributed by atoms with Gasteiger partial charge < -0.3 is 9.64 Å². The highest BCUT2D eigenvalue weighted by molar-refractivity contribution is 5.94. The van der Waals surface area contributed by atoms with Crippen molar-refractivity contribution in [3.05, 3.63) is 0 Å². The number of amides is 2. The molecule has 2 aliphatic heterocycles. The number of ketones is 2. The Bertz CT molecular complexity index is 965. The number of carbonyl (C=O) groups excluding carboxylic acids is 4. The van der Waals surface area contributed by atoms with Crippen molar-refractivity contribution in [3.8, 4) is 0 Å². The second kappa shape index (κ2) is 8.92. The number of imide groups is 1. The van der Waals surface area contributed by atoms with Gasteiger partial charge in [-0.25, -0.2) is 4.79 Å². The molecule has 0 aromatic heterocycles. The average molecular weight is 501 g/mol. The Balaban J connectivity index is 1.47. The third-order valence-corrected chi connectivity index (χ3v) is 11.6. The summed E-state index contributed by atoms with van der Waals surface area (Å²) < 4.78 is 6.19. The van der Waals surface area contributed by atoms with Gasteiger partial charge in [0, 0.05) is 42.2 Å². The molecule has 7 heteroatoms. The topological polar surface area (TPSA) is 92.8 Å². The minimum atomic E-state index is -0.724. The smallest absolute Gasteiger partial charge is 0.414 e. The van der Waals surface area contributed by atoms with Crippen LogP contribution in [0.5, 0.6) is 0 Å². The van der Waals surface area contributed by atoms with Gasteiger partial charge >= 0.3 is 6.09 Å². The summed E-state index contributed by atoms with van der Waals surface area (Å²) >= 11 is 0. The van der Waals surface area contributed by atoms with Crippen molar-refractivity contribution in [3.63, 3.8) is 0 Å². The van der Waals surface area contributed by atoms with E-state index in [1.54, 1.807) is 0 Å². The fourth-order valence-corrected chi connectivity index (χ4v) is 9.36. The zero-order valence-electron chi connectivity index (χ0n) is 22.7. The molecule has 7 nitrogen and oxygen atoms in total. The van der Waals surface area contributed by atoms with Gasteiger partial charge in [0.05, 0.1) is 5.92 Å². The normalized spacial score (nSPS) is 47.8. The van der Waals surface area contributed by atoms with Gasteiger partial charge in [-0.2, -0.15) is 0 Å². The van der Waals surface area contributed by atoms with Crippen LogP contribution in [-0.4, -0.2) is 54.2 Å². The van der Waals surface area contributed by atoms with Crippen LogP contribution in [0.3, 0.4) is 0 Å². The van der Waals surface area contributed by atoms with Crippen molar-refractivity contribution in [2.24, 2.45) is 45.8 Å². The zero-order chi connectivity index (χ0) is 26.0. The van der Waals surface area contributed by atoms with Gasteiger partial charge in [0.2, 0.25) is 5.91 Å². The van der Waals surface area contributed by atoms with Gasteiger partial charge in [0.25, 0.3) is 0 Å². The second-order valence-electron chi connectivity index (χ2n) is 13.3. The van der Waals surface area contributed by atoms with Crippen LogP contribution >= 0.6 is 0 Å². The number of nitrogens with zero attached hydrogens (tertiary/aromatic N) is 1. The van der Waals surface area contributed by atoms with E-state index in [1.165, 1.54) is 0 Å². The molecule has 1 N–H and O–H groups in total. The highest BCUT2D eigenvalue weighted by Crippen LogP contribution is 2.67. The van der Waals surface area contributed by atoms with Gasteiger partial charge in [0.1, 0.15) is 17.7 Å². The molecule has 0 aromatic carbocycles. The fraction of sp³-hybridized carbons (Fsp3) is 0.862. The second-order valence-corrected chi connectivity index (χ2v) is 13.3. The van der Waals surface area contributed by atoms with Crippen LogP contribution in [0, 0.1) is 45.8 Å². The summed E-state index contributed by atoms with van der Waals surface area (Å²) in [5.74, 6) is -0.0377. The van der Waals surface area contributed by atoms with Crippen molar-refractivity contribution in [2.45, 2.75) is 92.1 Å². The lowest BCUT2D eigenvalue weighted by molar-refractivity contribution is -0.179. The van der Waals surface area contributed by atoms with Crippen LogP contribution in [0.25, 0.3) is 0 Å². The van der Waals surface area contributed by atoms with Crippen LogP contribution in [0.2, 0.25) is 0 Å². The molecule has 3 unspecified atom stereocenters. The Hall–Kier alpha value is -1.76. The molecule has 5 fully saturated rings. The predicted molar refractivity (Wildman–Crippen MR) is 135 cm³/mol. The SMILES string of the molecule is CCC[C@]1(C)C[C@@H](OC(=O)NC(=O)[C@H]2CN3CC[C@@H]2C3)[C@@]2(C)C3C(=O)CCC3(CC[C@H]2C)[C@@H](C)C1=O. The molecule has 5 aliphatic rings. The van der Waals surface area contributed by atoms with E-state index < -0.39 is 23.0 Å². The van der Waals surface area contributed by atoms with Crippen LogP contribution < -0.4 is 5.32 Å². The van der Waals surface area contributed by atoms with Gasteiger partial charge in [-0.15, -0.1) is 0 Å². The number of alkyl carbamates (subject to hydrolysis) is 1. The molecule has 10 atom stereocenters. The molecule has 0 aromatic rings. The predicted octanol–water partition coefficient (Wildman–Crippen LogP) is 4.38. The van der Waals surface area contributed by atoms with E-state index in [0.29, 0.717) is 25.3 Å². The zero-order valence-corrected chi connectivity index (χ0v) is 22.7. The van der Waals surface area contributed by atoms with Gasteiger partial charge in [-0.1, -0.05) is 41.0 Å². The fourth-order valence-electron chi connectivity index (χ4n) is 9.36. The summed E-state index contributed by atoms with van der Waals surface area (Å²) in [5.41, 5.74) is -1.58. The first-order chi connectivity index (χ1) is 17.0. The summed E-state index contributed by atoms with van der Waals surface area (Å²) in [6.07, 6.45) is 4.63. The largest absolute Gasteiger partial charge is 0.445 e. The van der Waals surface area contributed by atoms with E-state index in [1.807, 2.05) is 6.92 Å². The van der Waals surface area contributed by atoms with Crippen LogP contribution in [0.4, 0.5) is 4.79 Å². The molecular weight excluding hydrogens is 456 g/mol. The number of fused-ring (bicyclic) bond motifs is 2. The maximum atomic E-state index is 14.1. The first-order valence-corrected chi connectivity index (χ1v) is 14.3. The molecule has 36 heavy (non-hydrogen) atoms. The summed E-state index contributed by atoms with van der Waals surface area (Å²) in [4.78, 5) is 56.1. The van der Waals surface area contributed by atoms with Gasteiger partial charge in [-0.05, 0) is 62.3 Å². The minimum absolute atomic E-state index is 0.163. The highest BCUT2D eigenvalue weighted by atomic mass is 16.6. The van der Waals surface area contributed by atoms with E-state index in [0.717, 1.165) is 51.6 Å². The maximum absolute atomic E-state index is 14.1. The van der Waals surface area contributed by atoms with E-state index in [4.69, 9.17) is 4.74 Å². The Labute approximate surface area is 215 Å². The highest BCUT2D eigenvalue weighted by Gasteiger charge is 2.68. The van der Waals surface area contributed by atoms with Gasteiger partial charge in [-0.3, -0.25) is 19.7 Å². The molecule has 3 aliphatic carbocycles. The van der Waals surface area contributed by atoms with E-state index in [-0.39, 0.29) is 46.6 Å². The van der Waals surface area contributed by atoms with Crippen molar-refractivity contribution >= 4 is 23.6 Å². The first kappa shape index (κ1) is 25.9. The molecule has 2 heterocycles. The lowest BCUT2D eigenvalue weighted by Crippen LogP contribution is -2.62. The lowest BCUT2D eigenvalue weighted by Gasteiger charge is -2.60. The molecule has 0 radical (unpaired) electrons. The Morgan fingerprint density at radius 2 is 1.86 bits per heavy atom. The summed E-state index contributed by atoms with van der Waals surface area (Å²) in [7, 11) is 0. The number of piperidine rings is 1. The molecule has 2 saturated heterocycles. The monoisotopic (exact) mass is 500 g/mol. The third-order valence-electron chi connectivity index (χ3n) is 11.6. The number of hydrogen-bond donors (Lipinski definition) is 1. The quantitative estimate of drug-likeness (QED) is 0.616. The number of rotatable bonds is 4. The van der Waals surface area contributed by atoms with Gasteiger partial charge in [0.15, 0.2) is 0 Å². The number of hydrogen-bond acceptors (Lipinski definition) is 6. The molecule has 3 saturated carbocycles. The van der Waals surface area contributed by atoms with Crippen LogP contribution in [-0.2, 0) is 19.1 Å². The Morgan fingerprint density at radius 3 is 2.50 bits per heavy atom. The summed E-state index contributed by atoms with van der Waals surface area (Å²) in [5, 5.41) is 2.55. The third kappa shape index (κ3) is 3.70. The molecular formula is C29H44N2O5. The van der Waals surface area contributed by atoms with Crippen LogP contribution in [0.15, 0.2) is 0 Å². The summed E-state index contributed by atoms with van der Waals surface area (Å²) in [6, 6.07) is 0. The molecule has 2 amide bonds. The van der Waals surface area contributed by atoms with Crippen molar-refractivity contribution < 1.29 is 23.9 Å². The van der Waals surface area contributed by atoms with E-state index in [2.05, 4.69) is 37.9 Å². The molecule has 4 bridgehead atoms. The molecule has 0 spiro atoms. The first-order valence-electron chi connectivity index (χ1n) is 14.3. The van der Waals surface area contributed by atoms with Crippen molar-refractivity contribution in [1.29, 1.82) is 0 Å². The Kier molecular flexibility index (Phi) is 6.41. The lowest BCUT2D eigenvalue weighted by atomic mass is 9.44. The summed E-state index contributed by atoms with van der Waals surface area (Å²) in [6.45, 7) is 13.1. The van der Waals surface area contributed by atoms with Crippen molar-refractivity contribution in [1.82, 2.24) is 10.2 Å². The Morgan fingerprint density at radius 1 is 1.11 bits per heavy atom. The van der Waals surface area contributed by atoms with E-state index in [9.17, 15) is 19.2 Å². The number of ether oxygens (including phenoxy) is 1. The molecule has 200 valence electrons. The van der Waals surface area contributed by atoms with Crippen LogP contribution in [0.1, 0.15) is 86.0 Å². The average Bonchev–Trinajstić information content (AvgIpc) is 3.55. The van der Waals surface area contributed by atoms with E-state index >= 15 is 0 Å². The number of nitrogens with one attached hydrogen (secondary N) is 1. The molecule has 5 rings (SSSR count). The van der Waals surface area contributed by atoms with Crippen molar-refractivity contribution in [2.75, 3.05) is 19.6 Å². The maximum Gasteiger partial charge on any atom is 0.414 e. The minimum Gasteiger partial charge on any atom is -0.445 e.